The van der Waals surface area contributed by atoms with Gasteiger partial charge in [0.1, 0.15) is 5.41 Å². The number of rotatable bonds is 21. The number of nitrogens with zero attached hydrogens (tertiary/aromatic N) is 1. The summed E-state index contributed by atoms with van der Waals surface area (Å²) in [4.78, 5) is 38.8. The summed E-state index contributed by atoms with van der Waals surface area (Å²) in [5.41, 5.74) is -1.29. The Morgan fingerprint density at radius 3 is 1.48 bits per heavy atom. The maximum Gasteiger partial charge on any atom is 0.330 e. The first-order valence-corrected chi connectivity index (χ1v) is 13.4. The molecule has 1 aliphatic rings. The minimum absolute atomic E-state index is 0.201. The molecule has 0 radical (unpaired) electrons. The van der Waals surface area contributed by atoms with Crippen molar-refractivity contribution in [2.45, 2.75) is 122 Å². The number of urea groups is 1. The van der Waals surface area contributed by atoms with Crippen LogP contribution in [0.5, 0.6) is 0 Å². The second-order valence-corrected chi connectivity index (χ2v) is 9.59. The number of allylic oxidation sites excluding steroid dienone is 2. The summed E-state index contributed by atoms with van der Waals surface area (Å²) in [7, 11) is 0. The third kappa shape index (κ3) is 10.3. The molecule has 0 aromatic rings. The van der Waals surface area contributed by atoms with Crippen LogP contribution < -0.4 is 5.32 Å². The third-order valence-corrected chi connectivity index (χ3v) is 6.78. The predicted molar refractivity (Wildman–Crippen MR) is 137 cm³/mol. The predicted octanol–water partition coefficient (Wildman–Crippen LogP) is 7.46. The molecule has 5 heteroatoms. The molecule has 1 heterocycles. The molecule has 5 nitrogen and oxygen atoms in total. The maximum atomic E-state index is 13.0. The molecule has 0 atom stereocenters. The lowest BCUT2D eigenvalue weighted by atomic mass is 9.77. The molecule has 188 valence electrons. The molecule has 0 aromatic carbocycles. The van der Waals surface area contributed by atoms with Crippen LogP contribution in [0.15, 0.2) is 25.3 Å². The summed E-state index contributed by atoms with van der Waals surface area (Å²) in [6.07, 6.45) is 23.9. The van der Waals surface area contributed by atoms with Gasteiger partial charge in [0.05, 0.1) is 0 Å². The van der Waals surface area contributed by atoms with E-state index in [1.807, 2.05) is 0 Å². The van der Waals surface area contributed by atoms with Crippen LogP contribution in [-0.4, -0.2) is 29.3 Å². The van der Waals surface area contributed by atoms with Crippen LogP contribution in [0.2, 0.25) is 0 Å². The maximum absolute atomic E-state index is 13.0. The van der Waals surface area contributed by atoms with Gasteiger partial charge in [-0.3, -0.25) is 19.8 Å². The second kappa shape index (κ2) is 17.6. The fraction of sp³-hybridized carbons (Fsp3) is 0.750. The Kier molecular flexibility index (Phi) is 15.5. The zero-order valence-corrected chi connectivity index (χ0v) is 21.2. The van der Waals surface area contributed by atoms with E-state index in [1.165, 1.54) is 88.4 Å². The van der Waals surface area contributed by atoms with Crippen molar-refractivity contribution < 1.29 is 14.4 Å². The van der Waals surface area contributed by atoms with Crippen molar-refractivity contribution in [2.75, 3.05) is 6.54 Å². The molecule has 1 N–H and O–H groups in total. The smallest absolute Gasteiger partial charge is 0.277 e. The number of hydrogen-bond acceptors (Lipinski definition) is 3. The summed E-state index contributed by atoms with van der Waals surface area (Å²) in [5.74, 6) is -0.961. The first kappa shape index (κ1) is 29.1. The molecule has 0 aromatic heterocycles. The molecule has 1 aliphatic heterocycles. The fourth-order valence-electron chi connectivity index (χ4n) is 4.69. The number of carbonyl (C=O) groups is 3. The van der Waals surface area contributed by atoms with Gasteiger partial charge in [0.2, 0.25) is 11.8 Å². The van der Waals surface area contributed by atoms with Gasteiger partial charge in [-0.2, -0.15) is 0 Å². The van der Waals surface area contributed by atoms with Crippen molar-refractivity contribution in [1.82, 2.24) is 10.2 Å². The average molecular weight is 461 g/mol. The molecule has 4 amide bonds. The Hall–Kier alpha value is -1.91. The standard InChI is InChI=1S/C28H48N2O3/c1-4-7-8-9-10-11-12-13-14-15-16-17-18-19-20-21-24-30-26(32)28(22-5-2,23-6-3)25(31)29-27(30)33/h5-6H,2-4,7-24H2,1H3,(H,29,31,33). The molecular weight excluding hydrogens is 412 g/mol. The van der Waals surface area contributed by atoms with Gasteiger partial charge >= 0.3 is 6.03 Å². The second-order valence-electron chi connectivity index (χ2n) is 9.59. The largest absolute Gasteiger partial charge is 0.330 e. The van der Waals surface area contributed by atoms with Crippen LogP contribution >= 0.6 is 0 Å². The highest BCUT2D eigenvalue weighted by Gasteiger charge is 2.51. The van der Waals surface area contributed by atoms with Crippen molar-refractivity contribution in [3.8, 4) is 0 Å². The lowest BCUT2D eigenvalue weighted by Gasteiger charge is -2.38. The first-order chi connectivity index (χ1) is 16.0. The van der Waals surface area contributed by atoms with E-state index in [0.717, 1.165) is 19.3 Å². The van der Waals surface area contributed by atoms with Crippen LogP contribution in [-0.2, 0) is 9.59 Å². The number of hydrogen-bond donors (Lipinski definition) is 1. The van der Waals surface area contributed by atoms with E-state index >= 15 is 0 Å². The molecule has 1 fully saturated rings. The van der Waals surface area contributed by atoms with Crippen LogP contribution in [0.25, 0.3) is 0 Å². The lowest BCUT2D eigenvalue weighted by Crippen LogP contribution is -2.63. The van der Waals surface area contributed by atoms with Gasteiger partial charge in [-0.1, -0.05) is 115 Å². The van der Waals surface area contributed by atoms with E-state index in [2.05, 4.69) is 25.4 Å². The zero-order valence-electron chi connectivity index (χ0n) is 21.2. The van der Waals surface area contributed by atoms with Gasteiger partial charge in [-0.05, 0) is 19.3 Å². The van der Waals surface area contributed by atoms with Gasteiger partial charge in [0.25, 0.3) is 0 Å². The zero-order chi connectivity index (χ0) is 24.4. The highest BCUT2D eigenvalue weighted by Crippen LogP contribution is 2.33. The van der Waals surface area contributed by atoms with Crippen molar-refractivity contribution in [3.05, 3.63) is 25.3 Å². The average Bonchev–Trinajstić information content (AvgIpc) is 2.79. The van der Waals surface area contributed by atoms with Gasteiger partial charge in [0.15, 0.2) is 0 Å². The molecule has 33 heavy (non-hydrogen) atoms. The minimum atomic E-state index is -1.29. The van der Waals surface area contributed by atoms with E-state index in [4.69, 9.17) is 0 Å². The summed E-state index contributed by atoms with van der Waals surface area (Å²) < 4.78 is 0. The molecule has 0 aliphatic carbocycles. The molecule has 0 spiro atoms. The van der Waals surface area contributed by atoms with Crippen molar-refractivity contribution in [2.24, 2.45) is 5.41 Å². The van der Waals surface area contributed by atoms with Gasteiger partial charge in [0, 0.05) is 6.54 Å². The highest BCUT2D eigenvalue weighted by atomic mass is 16.2. The number of imide groups is 2. The van der Waals surface area contributed by atoms with Gasteiger partial charge in [-0.25, -0.2) is 4.79 Å². The van der Waals surface area contributed by atoms with Crippen LogP contribution in [0.4, 0.5) is 4.79 Å². The minimum Gasteiger partial charge on any atom is -0.277 e. The SMILES string of the molecule is C=CCC1(CC=C)C(=O)NC(=O)N(CCCCCCCCCCCCCCCCCC)C1=O. The van der Waals surface area contributed by atoms with Crippen molar-refractivity contribution in [3.63, 3.8) is 0 Å². The Morgan fingerprint density at radius 2 is 1.09 bits per heavy atom. The molecule has 1 saturated heterocycles. The lowest BCUT2D eigenvalue weighted by molar-refractivity contribution is -0.151. The Bertz CT molecular complexity index is 604. The van der Waals surface area contributed by atoms with Crippen molar-refractivity contribution >= 4 is 17.8 Å². The normalized spacial score (nSPS) is 15.5. The van der Waals surface area contributed by atoms with Crippen LogP contribution in [0.1, 0.15) is 122 Å². The fourth-order valence-corrected chi connectivity index (χ4v) is 4.69. The monoisotopic (exact) mass is 460 g/mol. The number of carbonyl (C=O) groups excluding carboxylic acids is 3. The van der Waals surface area contributed by atoms with Gasteiger partial charge < -0.3 is 0 Å². The summed E-state index contributed by atoms with van der Waals surface area (Å²) >= 11 is 0. The first-order valence-electron chi connectivity index (χ1n) is 13.4. The number of unbranched alkanes of at least 4 members (excludes halogenated alkanes) is 15. The Labute approximate surface area is 202 Å². The topological polar surface area (TPSA) is 66.5 Å². The molecule has 0 saturated carbocycles. The van der Waals surface area contributed by atoms with E-state index in [9.17, 15) is 14.4 Å². The van der Waals surface area contributed by atoms with E-state index in [0.29, 0.717) is 6.54 Å². The summed E-state index contributed by atoms with van der Waals surface area (Å²) in [5, 5.41) is 2.36. The molecular formula is C28H48N2O3. The Morgan fingerprint density at radius 1 is 0.697 bits per heavy atom. The number of barbiturate groups is 1. The van der Waals surface area contributed by atoms with E-state index in [-0.39, 0.29) is 12.8 Å². The Balaban J connectivity index is 2.12. The van der Waals surface area contributed by atoms with Crippen molar-refractivity contribution in [1.29, 1.82) is 0 Å². The number of nitrogens with one attached hydrogen (secondary N) is 1. The van der Waals surface area contributed by atoms with Crippen LogP contribution in [0.3, 0.4) is 0 Å². The number of amides is 4. The molecule has 0 unspecified atom stereocenters. The third-order valence-electron chi connectivity index (χ3n) is 6.78. The highest BCUT2D eigenvalue weighted by molar-refractivity contribution is 6.19. The van der Waals surface area contributed by atoms with Crippen LogP contribution in [0, 0.1) is 5.41 Å². The molecule has 0 bridgehead atoms. The summed E-state index contributed by atoms with van der Waals surface area (Å²) in [6.45, 7) is 9.96. The van der Waals surface area contributed by atoms with E-state index < -0.39 is 23.3 Å². The molecule has 1 rings (SSSR count). The quantitative estimate of drug-likeness (QED) is 0.110. The van der Waals surface area contributed by atoms with E-state index in [1.54, 1.807) is 12.2 Å². The summed E-state index contributed by atoms with van der Waals surface area (Å²) in [6, 6.07) is -0.602. The van der Waals surface area contributed by atoms with Gasteiger partial charge in [-0.15, -0.1) is 13.2 Å².